The van der Waals surface area contributed by atoms with Gasteiger partial charge in [0.25, 0.3) is 0 Å². The maximum absolute atomic E-state index is 13.0. The number of benzene rings is 1. The van der Waals surface area contributed by atoms with Crippen molar-refractivity contribution in [1.82, 2.24) is 0 Å². The molecule has 1 aromatic carbocycles. The van der Waals surface area contributed by atoms with E-state index in [0.717, 1.165) is 6.42 Å². The fourth-order valence-electron chi connectivity index (χ4n) is 1.49. The summed E-state index contributed by atoms with van der Waals surface area (Å²) < 4.78 is 13.0. The lowest BCUT2D eigenvalue weighted by atomic mass is 10.0. The average Bonchev–Trinajstić information content (AvgIpc) is 2.30. The molecule has 0 aromatic heterocycles. The Morgan fingerprint density at radius 3 is 2.78 bits per heavy atom. The molecule has 0 saturated heterocycles. The maximum atomic E-state index is 13.0. The van der Waals surface area contributed by atoms with Crippen LogP contribution < -0.4 is 11.1 Å². The molecule has 0 heterocycles. The topological polar surface area (TPSA) is 55.1 Å². The zero-order valence-electron chi connectivity index (χ0n) is 9.87. The molecule has 1 atom stereocenters. The first kappa shape index (κ1) is 14.9. The molecule has 1 aromatic rings. The summed E-state index contributed by atoms with van der Waals surface area (Å²) >= 11 is 10.5. The van der Waals surface area contributed by atoms with Crippen molar-refractivity contribution in [2.45, 2.75) is 19.8 Å². The number of halogens is 2. The Bertz CT molecular complexity index is 467. The lowest BCUT2D eigenvalue weighted by Crippen LogP contribution is -2.33. The van der Waals surface area contributed by atoms with Crippen LogP contribution in [-0.2, 0) is 4.79 Å². The van der Waals surface area contributed by atoms with Gasteiger partial charge < -0.3 is 11.1 Å². The monoisotopic (exact) mass is 288 g/mol. The minimum absolute atomic E-state index is 0.0461. The molecule has 6 heteroatoms. The van der Waals surface area contributed by atoms with Gasteiger partial charge in [-0.15, -0.1) is 0 Å². The number of carbonyl (C=O) groups excluding carboxylic acids is 1. The molecule has 0 aliphatic carbocycles. The highest BCUT2D eigenvalue weighted by Crippen LogP contribution is 2.20. The smallest absolute Gasteiger partial charge is 0.234 e. The zero-order valence-corrected chi connectivity index (χ0v) is 11.4. The third-order valence-electron chi connectivity index (χ3n) is 2.42. The van der Waals surface area contributed by atoms with Crippen LogP contribution in [-0.4, -0.2) is 10.9 Å². The second kappa shape index (κ2) is 6.66. The van der Waals surface area contributed by atoms with Crippen LogP contribution in [0.4, 0.5) is 10.1 Å². The van der Waals surface area contributed by atoms with E-state index in [0.29, 0.717) is 12.1 Å². The molecule has 18 heavy (non-hydrogen) atoms. The summed E-state index contributed by atoms with van der Waals surface area (Å²) in [7, 11) is 0. The standard InChI is InChI=1S/C12H14ClFN2OS/c1-2-3-8(11(15)18)12(17)16-7-4-5-10(14)9(13)6-7/h4-6,8H,2-3H2,1H3,(H2,15,18)(H,16,17). The third kappa shape index (κ3) is 3.92. The van der Waals surface area contributed by atoms with Gasteiger partial charge in [0.2, 0.25) is 5.91 Å². The van der Waals surface area contributed by atoms with E-state index in [1.165, 1.54) is 18.2 Å². The van der Waals surface area contributed by atoms with Gasteiger partial charge in [0, 0.05) is 5.69 Å². The molecule has 3 N–H and O–H groups in total. The number of nitrogens with one attached hydrogen (secondary N) is 1. The molecule has 0 bridgehead atoms. The lowest BCUT2D eigenvalue weighted by Gasteiger charge is -2.14. The second-order valence-corrected chi connectivity index (χ2v) is 4.74. The average molecular weight is 289 g/mol. The Kier molecular flexibility index (Phi) is 5.50. The number of amides is 1. The Labute approximate surface area is 115 Å². The molecule has 0 spiro atoms. The van der Waals surface area contributed by atoms with Crippen LogP contribution in [0.2, 0.25) is 5.02 Å². The highest BCUT2D eigenvalue weighted by Gasteiger charge is 2.20. The third-order valence-corrected chi connectivity index (χ3v) is 3.00. The van der Waals surface area contributed by atoms with E-state index in [4.69, 9.17) is 29.6 Å². The number of hydrogen-bond donors (Lipinski definition) is 2. The summed E-state index contributed by atoms with van der Waals surface area (Å²) in [6, 6.07) is 3.96. The van der Waals surface area contributed by atoms with E-state index in [9.17, 15) is 9.18 Å². The summed E-state index contributed by atoms with van der Waals surface area (Å²) in [6.45, 7) is 1.94. The van der Waals surface area contributed by atoms with Crippen molar-refractivity contribution in [1.29, 1.82) is 0 Å². The summed E-state index contributed by atoms with van der Waals surface area (Å²) in [5, 5.41) is 2.57. The fourth-order valence-corrected chi connectivity index (χ4v) is 1.90. The lowest BCUT2D eigenvalue weighted by molar-refractivity contribution is -0.118. The molecule has 3 nitrogen and oxygen atoms in total. The quantitative estimate of drug-likeness (QED) is 0.819. The van der Waals surface area contributed by atoms with Crippen molar-refractivity contribution in [3.63, 3.8) is 0 Å². The molecular weight excluding hydrogens is 275 g/mol. The number of anilines is 1. The maximum Gasteiger partial charge on any atom is 0.234 e. The molecule has 0 radical (unpaired) electrons. The molecule has 98 valence electrons. The van der Waals surface area contributed by atoms with Crippen LogP contribution in [0.3, 0.4) is 0 Å². The minimum Gasteiger partial charge on any atom is -0.393 e. The predicted molar refractivity (Wildman–Crippen MR) is 75.2 cm³/mol. The number of rotatable bonds is 5. The van der Waals surface area contributed by atoms with Crippen molar-refractivity contribution in [3.05, 3.63) is 29.0 Å². The fraction of sp³-hybridized carbons (Fsp3) is 0.333. The molecule has 1 unspecified atom stereocenters. The number of thiocarbonyl (C=S) groups is 1. The van der Waals surface area contributed by atoms with Crippen molar-refractivity contribution in [2.24, 2.45) is 11.7 Å². The van der Waals surface area contributed by atoms with E-state index in [1.807, 2.05) is 6.92 Å². The van der Waals surface area contributed by atoms with Gasteiger partial charge in [-0.2, -0.15) is 0 Å². The summed E-state index contributed by atoms with van der Waals surface area (Å²) in [5.74, 6) is -1.35. The van der Waals surface area contributed by atoms with Gasteiger partial charge in [-0.05, 0) is 24.6 Å². The Morgan fingerprint density at radius 2 is 2.28 bits per heavy atom. The number of nitrogens with two attached hydrogens (primary N) is 1. The van der Waals surface area contributed by atoms with E-state index in [-0.39, 0.29) is 15.9 Å². The largest absolute Gasteiger partial charge is 0.393 e. The zero-order chi connectivity index (χ0) is 13.7. The highest BCUT2D eigenvalue weighted by atomic mass is 35.5. The molecule has 0 fully saturated rings. The van der Waals surface area contributed by atoms with Crippen molar-refractivity contribution in [3.8, 4) is 0 Å². The Morgan fingerprint density at radius 1 is 1.61 bits per heavy atom. The van der Waals surface area contributed by atoms with Crippen LogP contribution >= 0.6 is 23.8 Å². The van der Waals surface area contributed by atoms with E-state index >= 15 is 0 Å². The van der Waals surface area contributed by atoms with Crippen LogP contribution in [0.1, 0.15) is 19.8 Å². The molecule has 0 aliphatic rings. The SMILES string of the molecule is CCCC(C(=O)Nc1ccc(F)c(Cl)c1)C(N)=S. The summed E-state index contributed by atoms with van der Waals surface area (Å²) in [6.07, 6.45) is 1.37. The van der Waals surface area contributed by atoms with Crippen LogP contribution in [0.25, 0.3) is 0 Å². The van der Waals surface area contributed by atoms with Gasteiger partial charge in [-0.3, -0.25) is 4.79 Å². The van der Waals surface area contributed by atoms with Gasteiger partial charge in [0.05, 0.1) is 15.9 Å². The first-order chi connectivity index (χ1) is 8.45. The molecule has 1 amide bonds. The Hall–Kier alpha value is -1.20. The van der Waals surface area contributed by atoms with Gasteiger partial charge in [-0.25, -0.2) is 4.39 Å². The normalized spacial score (nSPS) is 11.9. The van der Waals surface area contributed by atoms with Gasteiger partial charge in [0.1, 0.15) is 5.82 Å². The summed E-state index contributed by atoms with van der Waals surface area (Å²) in [4.78, 5) is 12.1. The van der Waals surface area contributed by atoms with E-state index in [2.05, 4.69) is 5.32 Å². The number of carbonyl (C=O) groups is 1. The molecule has 0 aliphatic heterocycles. The predicted octanol–water partition coefficient (Wildman–Crippen LogP) is 3.12. The highest BCUT2D eigenvalue weighted by molar-refractivity contribution is 7.80. The molecule has 1 rings (SSSR count). The molecular formula is C12H14ClFN2OS. The second-order valence-electron chi connectivity index (χ2n) is 3.86. The van der Waals surface area contributed by atoms with Crippen LogP contribution in [0.5, 0.6) is 0 Å². The van der Waals surface area contributed by atoms with Gasteiger partial charge >= 0.3 is 0 Å². The number of hydrogen-bond acceptors (Lipinski definition) is 2. The van der Waals surface area contributed by atoms with Crippen LogP contribution in [0.15, 0.2) is 18.2 Å². The van der Waals surface area contributed by atoms with Crippen molar-refractivity contribution < 1.29 is 9.18 Å². The van der Waals surface area contributed by atoms with Crippen LogP contribution in [0, 0.1) is 11.7 Å². The van der Waals surface area contributed by atoms with E-state index in [1.54, 1.807) is 0 Å². The van der Waals surface area contributed by atoms with Gasteiger partial charge in [-0.1, -0.05) is 37.2 Å². The first-order valence-corrected chi connectivity index (χ1v) is 6.29. The van der Waals surface area contributed by atoms with Gasteiger partial charge in [0.15, 0.2) is 0 Å². The summed E-state index contributed by atoms with van der Waals surface area (Å²) in [5.41, 5.74) is 5.94. The Balaban J connectivity index is 2.79. The first-order valence-electron chi connectivity index (χ1n) is 5.51. The van der Waals surface area contributed by atoms with Crippen molar-refractivity contribution >= 4 is 40.4 Å². The van der Waals surface area contributed by atoms with E-state index < -0.39 is 11.7 Å². The minimum atomic E-state index is -0.533. The molecule has 0 saturated carbocycles. The van der Waals surface area contributed by atoms with Crippen molar-refractivity contribution in [2.75, 3.05) is 5.32 Å².